The number of halogens is 2. The van der Waals surface area contributed by atoms with Gasteiger partial charge in [0.25, 0.3) is 15.9 Å². The molecule has 152 valence electrons. The Hall–Kier alpha value is -1.32. The minimum absolute atomic E-state index is 0.196. The van der Waals surface area contributed by atoms with Crippen molar-refractivity contribution >= 4 is 50.5 Å². The number of thiophene rings is 1. The summed E-state index contributed by atoms with van der Waals surface area (Å²) in [5.41, 5.74) is -1.09. The van der Waals surface area contributed by atoms with E-state index in [1.807, 2.05) is 0 Å². The third-order valence-electron chi connectivity index (χ3n) is 4.37. The van der Waals surface area contributed by atoms with Crippen molar-refractivity contribution in [2.45, 2.75) is 23.7 Å². The van der Waals surface area contributed by atoms with Gasteiger partial charge in [0.1, 0.15) is 9.96 Å². The van der Waals surface area contributed by atoms with E-state index < -0.39 is 15.6 Å². The van der Waals surface area contributed by atoms with E-state index in [4.69, 9.17) is 27.9 Å². The number of rotatable bonds is 5. The van der Waals surface area contributed by atoms with E-state index >= 15 is 0 Å². The third kappa shape index (κ3) is 4.63. The van der Waals surface area contributed by atoms with Crippen molar-refractivity contribution in [1.82, 2.24) is 9.21 Å². The van der Waals surface area contributed by atoms with Gasteiger partial charge in [0.15, 0.2) is 5.60 Å². The zero-order valence-corrected chi connectivity index (χ0v) is 18.5. The summed E-state index contributed by atoms with van der Waals surface area (Å²) >= 11 is 12.8. The lowest BCUT2D eigenvalue weighted by Gasteiger charge is -2.37. The van der Waals surface area contributed by atoms with Crippen LogP contribution in [-0.2, 0) is 14.8 Å². The summed E-state index contributed by atoms with van der Waals surface area (Å²) in [5.74, 6) is 0.345. The van der Waals surface area contributed by atoms with Gasteiger partial charge in [-0.05, 0) is 50.2 Å². The van der Waals surface area contributed by atoms with Gasteiger partial charge in [0.2, 0.25) is 0 Å². The average Bonchev–Trinajstić information content (AvgIpc) is 3.10. The van der Waals surface area contributed by atoms with Gasteiger partial charge >= 0.3 is 0 Å². The Morgan fingerprint density at radius 3 is 2.18 bits per heavy atom. The van der Waals surface area contributed by atoms with Crippen LogP contribution in [0.25, 0.3) is 0 Å². The fraction of sp³-hybridized carbons (Fsp3) is 0.389. The van der Waals surface area contributed by atoms with Crippen LogP contribution in [0.4, 0.5) is 0 Å². The van der Waals surface area contributed by atoms with Gasteiger partial charge in [0, 0.05) is 31.2 Å². The predicted octanol–water partition coefficient (Wildman–Crippen LogP) is 3.75. The molecule has 0 radical (unpaired) electrons. The number of hydrogen-bond acceptors (Lipinski definition) is 5. The molecule has 1 aromatic carbocycles. The number of nitrogens with zero attached hydrogens (tertiary/aromatic N) is 2. The molecule has 1 aromatic heterocycles. The molecule has 6 nitrogen and oxygen atoms in total. The van der Waals surface area contributed by atoms with Crippen molar-refractivity contribution < 1.29 is 17.9 Å². The first-order valence-corrected chi connectivity index (χ1v) is 11.6. The van der Waals surface area contributed by atoms with E-state index in [-0.39, 0.29) is 23.2 Å². The zero-order chi connectivity index (χ0) is 20.5. The molecule has 0 saturated carbocycles. The monoisotopic (exact) mass is 462 g/mol. The van der Waals surface area contributed by atoms with Crippen LogP contribution in [-0.4, -0.2) is 55.3 Å². The quantitative estimate of drug-likeness (QED) is 0.678. The molecule has 0 unspecified atom stereocenters. The van der Waals surface area contributed by atoms with Gasteiger partial charge in [-0.25, -0.2) is 8.42 Å². The Bertz CT molecular complexity index is 950. The third-order valence-corrected chi connectivity index (χ3v) is 8.22. The van der Waals surface area contributed by atoms with Crippen LogP contribution in [0.3, 0.4) is 0 Å². The maximum Gasteiger partial charge on any atom is 0.266 e. The maximum atomic E-state index is 12.9. The van der Waals surface area contributed by atoms with E-state index in [0.29, 0.717) is 28.2 Å². The van der Waals surface area contributed by atoms with Crippen LogP contribution < -0.4 is 4.74 Å². The summed E-state index contributed by atoms with van der Waals surface area (Å²) in [5, 5.41) is 0.584. The summed E-state index contributed by atoms with van der Waals surface area (Å²) < 4.78 is 33.2. The number of ether oxygens (including phenoxy) is 1. The van der Waals surface area contributed by atoms with E-state index in [1.54, 1.807) is 49.1 Å². The SMILES string of the molecule is CC(C)(Oc1ccc(Cl)cc1)C(=O)N1CCN(S(=O)(=O)c2ccc(Cl)s2)CC1. The standard InChI is InChI=1S/C18H20Cl2N2O4S2/c1-18(2,26-14-5-3-13(19)4-6-14)17(23)21-9-11-22(12-10-21)28(24,25)16-8-7-15(20)27-16/h3-8H,9-12H2,1-2H3. The van der Waals surface area contributed by atoms with E-state index in [9.17, 15) is 13.2 Å². The van der Waals surface area contributed by atoms with Crippen molar-refractivity contribution in [3.05, 3.63) is 45.8 Å². The number of piperazine rings is 1. The molecule has 0 bridgehead atoms. The van der Waals surface area contributed by atoms with Crippen LogP contribution >= 0.6 is 34.5 Å². The van der Waals surface area contributed by atoms with Crippen LogP contribution in [0.15, 0.2) is 40.6 Å². The van der Waals surface area contributed by atoms with Crippen molar-refractivity contribution in [3.8, 4) is 5.75 Å². The molecule has 3 rings (SSSR count). The van der Waals surface area contributed by atoms with Gasteiger partial charge in [-0.15, -0.1) is 11.3 Å². The first-order chi connectivity index (χ1) is 13.1. The highest BCUT2D eigenvalue weighted by atomic mass is 35.5. The Balaban J connectivity index is 1.63. The van der Waals surface area contributed by atoms with Crippen molar-refractivity contribution in [3.63, 3.8) is 0 Å². The van der Waals surface area contributed by atoms with E-state index in [2.05, 4.69) is 0 Å². The second-order valence-electron chi connectivity index (χ2n) is 6.82. The Labute approximate surface area is 178 Å². The Kier molecular flexibility index (Phi) is 6.26. The van der Waals surface area contributed by atoms with Crippen LogP contribution in [0.1, 0.15) is 13.8 Å². The maximum absolute atomic E-state index is 12.9. The van der Waals surface area contributed by atoms with Crippen molar-refractivity contribution in [2.24, 2.45) is 0 Å². The smallest absolute Gasteiger partial charge is 0.266 e. The van der Waals surface area contributed by atoms with Crippen LogP contribution in [0.5, 0.6) is 5.75 Å². The van der Waals surface area contributed by atoms with Gasteiger partial charge < -0.3 is 9.64 Å². The fourth-order valence-corrected chi connectivity index (χ4v) is 6.10. The highest BCUT2D eigenvalue weighted by Crippen LogP contribution is 2.29. The lowest BCUT2D eigenvalue weighted by molar-refractivity contribution is -0.146. The topological polar surface area (TPSA) is 66.9 Å². The molecule has 2 aromatic rings. The number of hydrogen-bond donors (Lipinski definition) is 0. The van der Waals surface area contributed by atoms with Crippen LogP contribution in [0.2, 0.25) is 9.36 Å². The van der Waals surface area contributed by atoms with Gasteiger partial charge in [-0.3, -0.25) is 4.79 Å². The van der Waals surface area contributed by atoms with Crippen molar-refractivity contribution in [2.75, 3.05) is 26.2 Å². The summed E-state index contributed by atoms with van der Waals surface area (Å²) in [7, 11) is -3.59. The molecule has 10 heteroatoms. The molecular formula is C18H20Cl2N2O4S2. The average molecular weight is 463 g/mol. The minimum atomic E-state index is -3.59. The predicted molar refractivity (Wildman–Crippen MR) is 111 cm³/mol. The van der Waals surface area contributed by atoms with Crippen LogP contribution in [0, 0.1) is 0 Å². The minimum Gasteiger partial charge on any atom is -0.478 e. The molecule has 0 atom stereocenters. The number of sulfonamides is 1. The molecule has 1 fully saturated rings. The van der Waals surface area contributed by atoms with E-state index in [0.717, 1.165) is 11.3 Å². The second kappa shape index (κ2) is 8.20. The molecule has 0 spiro atoms. The first-order valence-electron chi connectivity index (χ1n) is 8.59. The second-order valence-corrected chi connectivity index (χ2v) is 11.1. The van der Waals surface area contributed by atoms with E-state index in [1.165, 1.54) is 10.4 Å². The number of carbonyl (C=O) groups excluding carboxylic acids is 1. The largest absolute Gasteiger partial charge is 0.478 e. The Morgan fingerprint density at radius 2 is 1.64 bits per heavy atom. The lowest BCUT2D eigenvalue weighted by Crippen LogP contribution is -2.56. The zero-order valence-electron chi connectivity index (χ0n) is 15.4. The highest BCUT2D eigenvalue weighted by Gasteiger charge is 2.38. The highest BCUT2D eigenvalue weighted by molar-refractivity contribution is 7.91. The molecule has 1 amide bonds. The van der Waals surface area contributed by atoms with Crippen molar-refractivity contribution in [1.29, 1.82) is 0 Å². The molecule has 1 aliphatic rings. The summed E-state index contributed by atoms with van der Waals surface area (Å²) in [6.07, 6.45) is 0. The number of benzene rings is 1. The van der Waals surface area contributed by atoms with Gasteiger partial charge in [-0.1, -0.05) is 23.2 Å². The lowest BCUT2D eigenvalue weighted by atomic mass is 10.1. The molecule has 0 N–H and O–H groups in total. The fourth-order valence-electron chi connectivity index (χ4n) is 2.92. The molecule has 0 aliphatic carbocycles. The Morgan fingerprint density at radius 1 is 1.04 bits per heavy atom. The molecular weight excluding hydrogens is 443 g/mol. The summed E-state index contributed by atoms with van der Waals surface area (Å²) in [6.45, 7) is 4.43. The van der Waals surface area contributed by atoms with Gasteiger partial charge in [0.05, 0.1) is 4.34 Å². The normalized spacial score (nSPS) is 16.2. The molecule has 2 heterocycles. The first kappa shape index (κ1) is 21.4. The summed E-state index contributed by atoms with van der Waals surface area (Å²) in [4.78, 5) is 14.5. The molecule has 1 saturated heterocycles. The summed E-state index contributed by atoms with van der Waals surface area (Å²) in [6, 6.07) is 9.86. The number of amides is 1. The molecule has 1 aliphatic heterocycles. The molecule has 28 heavy (non-hydrogen) atoms. The van der Waals surface area contributed by atoms with Gasteiger partial charge in [-0.2, -0.15) is 4.31 Å². The number of carbonyl (C=O) groups is 1.